The van der Waals surface area contributed by atoms with E-state index in [1.807, 2.05) is 0 Å². The Labute approximate surface area is 108 Å². The number of terminal acetylenes is 1. The van der Waals surface area contributed by atoms with Crippen molar-refractivity contribution in [3.05, 3.63) is 24.3 Å². The van der Waals surface area contributed by atoms with Crippen molar-refractivity contribution in [3.63, 3.8) is 0 Å². The third kappa shape index (κ3) is 6.54. The van der Waals surface area contributed by atoms with Crippen LogP contribution in [0.15, 0.2) is 24.3 Å². The molecular formula is C14H18O4. The molecule has 0 spiro atoms. The Kier molecular flexibility index (Phi) is 7.22. The predicted molar refractivity (Wildman–Crippen MR) is 68.5 cm³/mol. The quantitative estimate of drug-likeness (QED) is 0.299. The number of hydrogen-bond acceptors (Lipinski definition) is 4. The van der Waals surface area contributed by atoms with Gasteiger partial charge in [0.1, 0.15) is 13.2 Å². The van der Waals surface area contributed by atoms with Gasteiger partial charge in [-0.3, -0.25) is 9.59 Å². The Morgan fingerprint density at radius 2 is 1.50 bits per heavy atom. The number of rotatable bonds is 7. The summed E-state index contributed by atoms with van der Waals surface area (Å²) in [6, 6.07) is 0. The molecule has 0 amide bonds. The second kappa shape index (κ2) is 8.13. The molecule has 0 radical (unpaired) electrons. The first-order valence-corrected chi connectivity index (χ1v) is 5.44. The molecule has 98 valence electrons. The summed E-state index contributed by atoms with van der Waals surface area (Å²) in [7, 11) is 0. The fourth-order valence-corrected chi connectivity index (χ4v) is 0.971. The number of hydrogen-bond donors (Lipinski definition) is 0. The molecule has 0 aromatic heterocycles. The lowest BCUT2D eigenvalue weighted by molar-refractivity contribution is -0.160. The van der Waals surface area contributed by atoms with E-state index in [0.29, 0.717) is 11.1 Å². The second-order valence-corrected chi connectivity index (χ2v) is 4.09. The monoisotopic (exact) mass is 250 g/mol. The smallest absolute Gasteiger partial charge is 0.321 e. The average Bonchev–Trinajstić information content (AvgIpc) is 2.29. The third-order valence-electron chi connectivity index (χ3n) is 1.81. The summed E-state index contributed by atoms with van der Waals surface area (Å²) < 4.78 is 9.78. The Bertz CT molecular complexity index is 357. The maximum Gasteiger partial charge on any atom is 0.321 e. The standard InChI is InChI=1S/C14H18O4/c1-6-7-12(13(15)17-8-10(2)3)14(16)18-9-11(4)5/h1,12H,2,4,7-9H2,3,5H3. The number of carbonyl (C=O) groups is 2. The van der Waals surface area contributed by atoms with E-state index in [1.54, 1.807) is 13.8 Å². The maximum atomic E-state index is 11.6. The highest BCUT2D eigenvalue weighted by Crippen LogP contribution is 2.09. The molecule has 0 unspecified atom stereocenters. The highest BCUT2D eigenvalue weighted by atomic mass is 16.6. The zero-order valence-electron chi connectivity index (χ0n) is 10.8. The van der Waals surface area contributed by atoms with E-state index in [0.717, 1.165) is 0 Å². The van der Waals surface area contributed by atoms with Crippen molar-refractivity contribution in [1.29, 1.82) is 0 Å². The molecule has 18 heavy (non-hydrogen) atoms. The maximum absolute atomic E-state index is 11.6. The van der Waals surface area contributed by atoms with Gasteiger partial charge >= 0.3 is 11.9 Å². The Morgan fingerprint density at radius 1 is 1.11 bits per heavy atom. The molecule has 0 N–H and O–H groups in total. The summed E-state index contributed by atoms with van der Waals surface area (Å²) in [6.07, 6.45) is 5.06. The van der Waals surface area contributed by atoms with Gasteiger partial charge in [0.15, 0.2) is 5.92 Å². The van der Waals surface area contributed by atoms with Gasteiger partial charge in [0, 0.05) is 6.42 Å². The van der Waals surface area contributed by atoms with Gasteiger partial charge in [-0.2, -0.15) is 0 Å². The normalized spacial score (nSPS) is 9.44. The minimum Gasteiger partial charge on any atom is -0.461 e. The van der Waals surface area contributed by atoms with Crippen molar-refractivity contribution in [2.75, 3.05) is 13.2 Å². The van der Waals surface area contributed by atoms with Crippen molar-refractivity contribution < 1.29 is 19.1 Å². The fraction of sp³-hybridized carbons (Fsp3) is 0.429. The summed E-state index contributed by atoms with van der Waals surface area (Å²) >= 11 is 0. The first kappa shape index (κ1) is 16.0. The van der Waals surface area contributed by atoms with Crippen molar-refractivity contribution in [1.82, 2.24) is 0 Å². The van der Waals surface area contributed by atoms with Gasteiger partial charge < -0.3 is 9.47 Å². The van der Waals surface area contributed by atoms with Crippen LogP contribution >= 0.6 is 0 Å². The SMILES string of the molecule is C#CCC(C(=O)OCC(=C)C)C(=O)OCC(=C)C. The molecule has 0 rings (SSSR count). The van der Waals surface area contributed by atoms with E-state index in [2.05, 4.69) is 19.1 Å². The van der Waals surface area contributed by atoms with Crippen LogP contribution in [0, 0.1) is 18.3 Å². The van der Waals surface area contributed by atoms with Gasteiger partial charge in [0.2, 0.25) is 0 Å². The highest BCUT2D eigenvalue weighted by molar-refractivity contribution is 5.95. The van der Waals surface area contributed by atoms with Crippen LogP contribution in [0.2, 0.25) is 0 Å². The van der Waals surface area contributed by atoms with Crippen LogP contribution in [0.25, 0.3) is 0 Å². The van der Waals surface area contributed by atoms with Crippen LogP contribution in [0.5, 0.6) is 0 Å². The van der Waals surface area contributed by atoms with Gasteiger partial charge in [0.05, 0.1) is 0 Å². The van der Waals surface area contributed by atoms with Crippen LogP contribution in [0.1, 0.15) is 20.3 Å². The molecule has 0 aromatic rings. The fourth-order valence-electron chi connectivity index (χ4n) is 0.971. The number of esters is 2. The van der Waals surface area contributed by atoms with Crippen molar-refractivity contribution in [3.8, 4) is 12.3 Å². The topological polar surface area (TPSA) is 52.6 Å². The van der Waals surface area contributed by atoms with E-state index in [-0.39, 0.29) is 19.6 Å². The largest absolute Gasteiger partial charge is 0.461 e. The van der Waals surface area contributed by atoms with Crippen molar-refractivity contribution in [2.45, 2.75) is 20.3 Å². The van der Waals surface area contributed by atoms with E-state index in [4.69, 9.17) is 15.9 Å². The predicted octanol–water partition coefficient (Wildman–Crippen LogP) is 1.86. The minimum atomic E-state index is -1.09. The molecule has 0 aromatic carbocycles. The third-order valence-corrected chi connectivity index (χ3v) is 1.81. The molecule has 0 fully saturated rings. The molecule has 4 nitrogen and oxygen atoms in total. The van der Waals surface area contributed by atoms with Gasteiger partial charge in [0.25, 0.3) is 0 Å². The average molecular weight is 250 g/mol. The van der Waals surface area contributed by atoms with E-state index < -0.39 is 17.9 Å². The lowest BCUT2D eigenvalue weighted by Crippen LogP contribution is -2.28. The number of carbonyl (C=O) groups excluding carboxylic acids is 2. The Hall–Kier alpha value is -2.02. The molecule has 0 aliphatic rings. The van der Waals surface area contributed by atoms with E-state index >= 15 is 0 Å². The Balaban J connectivity index is 4.49. The molecule has 0 aliphatic carbocycles. The van der Waals surface area contributed by atoms with Gasteiger partial charge in [-0.25, -0.2) is 0 Å². The van der Waals surface area contributed by atoms with Crippen LogP contribution in [-0.4, -0.2) is 25.2 Å². The van der Waals surface area contributed by atoms with Crippen LogP contribution < -0.4 is 0 Å². The number of ether oxygens (including phenoxy) is 2. The second-order valence-electron chi connectivity index (χ2n) is 4.09. The summed E-state index contributed by atoms with van der Waals surface area (Å²) in [5, 5.41) is 0. The summed E-state index contributed by atoms with van der Waals surface area (Å²) in [5.41, 5.74) is 1.36. The van der Waals surface area contributed by atoms with Crippen LogP contribution in [-0.2, 0) is 19.1 Å². The van der Waals surface area contributed by atoms with Gasteiger partial charge in [-0.05, 0) is 25.0 Å². The molecule has 0 aliphatic heterocycles. The van der Waals surface area contributed by atoms with Crippen LogP contribution in [0.4, 0.5) is 0 Å². The molecule has 0 heterocycles. The highest BCUT2D eigenvalue weighted by Gasteiger charge is 2.29. The summed E-state index contributed by atoms with van der Waals surface area (Å²) in [6.45, 7) is 10.7. The molecule has 0 saturated carbocycles. The van der Waals surface area contributed by atoms with Crippen molar-refractivity contribution >= 4 is 11.9 Å². The first-order chi connectivity index (χ1) is 8.38. The van der Waals surface area contributed by atoms with Gasteiger partial charge in [-0.15, -0.1) is 12.3 Å². The molecule has 0 atom stereocenters. The first-order valence-electron chi connectivity index (χ1n) is 5.44. The Morgan fingerprint density at radius 3 is 1.78 bits per heavy atom. The lowest BCUT2D eigenvalue weighted by atomic mass is 10.1. The van der Waals surface area contributed by atoms with E-state index in [9.17, 15) is 9.59 Å². The molecule has 0 bridgehead atoms. The zero-order valence-corrected chi connectivity index (χ0v) is 10.8. The summed E-state index contributed by atoms with van der Waals surface area (Å²) in [5.74, 6) is -0.215. The molecule has 4 heteroatoms. The minimum absolute atomic E-state index is 0.0515. The van der Waals surface area contributed by atoms with Gasteiger partial charge in [-0.1, -0.05) is 13.2 Å². The molecule has 0 saturated heterocycles. The zero-order chi connectivity index (χ0) is 14.1. The lowest BCUT2D eigenvalue weighted by Gasteiger charge is -2.13. The summed E-state index contributed by atoms with van der Waals surface area (Å²) in [4.78, 5) is 23.3. The van der Waals surface area contributed by atoms with Crippen LogP contribution in [0.3, 0.4) is 0 Å². The molecular weight excluding hydrogens is 232 g/mol. The van der Waals surface area contributed by atoms with Crippen molar-refractivity contribution in [2.24, 2.45) is 5.92 Å². The van der Waals surface area contributed by atoms with E-state index in [1.165, 1.54) is 0 Å².